The molecule has 0 amide bonds. The lowest BCUT2D eigenvalue weighted by molar-refractivity contribution is 0.0699. The number of aryl methyl sites for hydroxylation is 1. The van der Waals surface area contributed by atoms with Crippen LogP contribution in [0.1, 0.15) is 21.7 Å². The number of carboxylic acid groups (broad SMARTS) is 1. The number of nitrogens with zero attached hydrogens (tertiary/aromatic N) is 4. The minimum atomic E-state index is -3.62. The van der Waals surface area contributed by atoms with Crippen LogP contribution in [0.2, 0.25) is 5.02 Å². The fourth-order valence-corrected chi connectivity index (χ4v) is 6.24. The van der Waals surface area contributed by atoms with E-state index >= 15 is 0 Å². The Kier molecular flexibility index (Phi) is 7.05. The van der Waals surface area contributed by atoms with Gasteiger partial charge in [0.05, 0.1) is 43.7 Å². The molecule has 10 nitrogen and oxygen atoms in total. The van der Waals surface area contributed by atoms with E-state index in [0.29, 0.717) is 37.9 Å². The maximum absolute atomic E-state index is 13.4. The van der Waals surface area contributed by atoms with Crippen molar-refractivity contribution in [2.45, 2.75) is 18.4 Å². The lowest BCUT2D eigenvalue weighted by Crippen LogP contribution is -2.27. The summed E-state index contributed by atoms with van der Waals surface area (Å²) >= 11 is 7.54. The van der Waals surface area contributed by atoms with Gasteiger partial charge >= 0.3 is 5.97 Å². The zero-order valence-corrected chi connectivity index (χ0v) is 23.4. The summed E-state index contributed by atoms with van der Waals surface area (Å²) in [4.78, 5) is 33.5. The quantitative estimate of drug-likeness (QED) is 0.283. The molecule has 0 saturated heterocycles. The molecule has 1 N–H and O–H groups in total. The van der Waals surface area contributed by atoms with E-state index in [-0.39, 0.29) is 40.1 Å². The number of aromatic nitrogens is 3. The third kappa shape index (κ3) is 4.90. The molecule has 0 unspecified atom stereocenters. The molecule has 0 fully saturated rings. The van der Waals surface area contributed by atoms with Gasteiger partial charge in [-0.3, -0.25) is 14.3 Å². The van der Waals surface area contributed by atoms with Gasteiger partial charge in [-0.2, -0.15) is 5.26 Å². The van der Waals surface area contributed by atoms with Crippen molar-refractivity contribution in [3.05, 3.63) is 80.3 Å². The van der Waals surface area contributed by atoms with Gasteiger partial charge in [-0.05, 0) is 43.3 Å². The Morgan fingerprint density at radius 1 is 1.23 bits per heavy atom. The largest absolute Gasteiger partial charge is 0.491 e. The van der Waals surface area contributed by atoms with Gasteiger partial charge in [0.25, 0.3) is 5.56 Å². The predicted octanol–water partition coefficient (Wildman–Crippen LogP) is 4.69. The first kappa shape index (κ1) is 27.3. The molecular formula is C27H19ClN4O6S2. The molecule has 0 spiro atoms. The number of hydrogen-bond donors (Lipinski definition) is 1. The van der Waals surface area contributed by atoms with Crippen LogP contribution in [0.5, 0.6) is 5.75 Å². The van der Waals surface area contributed by atoms with Gasteiger partial charge in [0.1, 0.15) is 24.3 Å². The van der Waals surface area contributed by atoms with Gasteiger partial charge in [-0.25, -0.2) is 18.2 Å². The van der Waals surface area contributed by atoms with Crippen LogP contribution in [0, 0.1) is 18.3 Å². The summed E-state index contributed by atoms with van der Waals surface area (Å²) < 4.78 is 32.2. The predicted molar refractivity (Wildman–Crippen MR) is 151 cm³/mol. The van der Waals surface area contributed by atoms with E-state index in [1.54, 1.807) is 31.2 Å². The van der Waals surface area contributed by atoms with Crippen molar-refractivity contribution in [1.82, 2.24) is 14.5 Å². The van der Waals surface area contributed by atoms with E-state index in [1.165, 1.54) is 39.6 Å². The average molecular weight is 595 g/mol. The molecule has 3 aromatic heterocycles. The standard InChI is InChI=1S/C27H19ClN4O6S2/c1-14-31-21-11-17(40(2,36)37)9-15(12-29)23(21)26(33)32(14)7-8-38-22-4-3-16(28)10-19(22)18-5-6-30-24-20(27(34)35)13-39-25(18)24/h3-6,9-11,13H,7-8H2,1-2H3,(H,34,35). The second-order valence-corrected chi connectivity index (χ2v) is 12.2. The van der Waals surface area contributed by atoms with Crippen LogP contribution in [-0.4, -0.2) is 46.9 Å². The number of carboxylic acids is 1. The van der Waals surface area contributed by atoms with Gasteiger partial charge in [-0.1, -0.05) is 11.6 Å². The summed E-state index contributed by atoms with van der Waals surface area (Å²) in [5.74, 6) is -0.296. The lowest BCUT2D eigenvalue weighted by Gasteiger charge is -2.15. The SMILES string of the molecule is Cc1nc2cc(S(C)(=O)=O)cc(C#N)c2c(=O)n1CCOc1ccc(Cl)cc1-c1ccnc2c(C(=O)O)csc12. The molecule has 0 atom stereocenters. The molecule has 202 valence electrons. The highest BCUT2D eigenvalue weighted by atomic mass is 35.5. The van der Waals surface area contributed by atoms with Crippen molar-refractivity contribution in [3.63, 3.8) is 0 Å². The highest BCUT2D eigenvalue weighted by Gasteiger charge is 2.19. The van der Waals surface area contributed by atoms with Crippen LogP contribution in [0.15, 0.2) is 57.7 Å². The molecule has 40 heavy (non-hydrogen) atoms. The number of pyridine rings is 1. The molecule has 3 heterocycles. The van der Waals surface area contributed by atoms with E-state index in [0.717, 1.165) is 6.26 Å². The number of halogens is 1. The Bertz CT molecular complexity index is 2060. The van der Waals surface area contributed by atoms with E-state index in [4.69, 9.17) is 16.3 Å². The van der Waals surface area contributed by atoms with Gasteiger partial charge < -0.3 is 9.84 Å². The summed E-state index contributed by atoms with van der Waals surface area (Å²) in [6.07, 6.45) is 2.54. The fraction of sp³-hybridized carbons (Fsp3) is 0.148. The molecule has 0 radical (unpaired) electrons. The van der Waals surface area contributed by atoms with Gasteiger partial charge in [0, 0.05) is 34.0 Å². The third-order valence-electron chi connectivity index (χ3n) is 6.26. The Hall–Kier alpha value is -4.31. The van der Waals surface area contributed by atoms with Crippen LogP contribution < -0.4 is 10.3 Å². The van der Waals surface area contributed by atoms with Gasteiger partial charge in [-0.15, -0.1) is 11.3 Å². The van der Waals surface area contributed by atoms with Crippen molar-refractivity contribution >= 4 is 59.9 Å². The topological polar surface area (TPSA) is 152 Å². The Morgan fingerprint density at radius 2 is 2.00 bits per heavy atom. The molecule has 0 bridgehead atoms. The summed E-state index contributed by atoms with van der Waals surface area (Å²) in [5, 5.41) is 21.1. The van der Waals surface area contributed by atoms with Gasteiger partial charge in [0.2, 0.25) is 0 Å². The molecule has 5 rings (SSSR count). The molecule has 0 saturated carbocycles. The molecule has 2 aromatic carbocycles. The second kappa shape index (κ2) is 10.3. The van der Waals surface area contributed by atoms with Crippen LogP contribution in [0.25, 0.3) is 32.2 Å². The number of aromatic carboxylic acids is 1. The van der Waals surface area contributed by atoms with Gasteiger partial charge in [0.15, 0.2) is 9.84 Å². The normalized spacial score (nSPS) is 11.6. The van der Waals surface area contributed by atoms with Crippen molar-refractivity contribution in [3.8, 4) is 22.9 Å². The first-order chi connectivity index (χ1) is 19.0. The highest BCUT2D eigenvalue weighted by Crippen LogP contribution is 2.39. The van der Waals surface area contributed by atoms with Crippen molar-refractivity contribution in [2.24, 2.45) is 0 Å². The summed E-state index contributed by atoms with van der Waals surface area (Å²) in [5.41, 5.74) is 1.33. The number of carbonyl (C=O) groups is 1. The number of benzene rings is 2. The summed E-state index contributed by atoms with van der Waals surface area (Å²) in [7, 11) is -3.62. The minimum Gasteiger partial charge on any atom is -0.491 e. The first-order valence-corrected chi connectivity index (χ1v) is 14.8. The molecule has 0 aliphatic heterocycles. The van der Waals surface area contributed by atoms with E-state index in [2.05, 4.69) is 9.97 Å². The maximum Gasteiger partial charge on any atom is 0.338 e. The molecule has 13 heteroatoms. The Balaban J connectivity index is 1.50. The molecular weight excluding hydrogens is 576 g/mol. The number of nitriles is 1. The average Bonchev–Trinajstić information content (AvgIpc) is 3.34. The molecule has 0 aliphatic rings. The lowest BCUT2D eigenvalue weighted by atomic mass is 10.0. The van der Waals surface area contributed by atoms with E-state index < -0.39 is 21.4 Å². The monoisotopic (exact) mass is 594 g/mol. The Morgan fingerprint density at radius 3 is 2.70 bits per heavy atom. The molecule has 5 aromatic rings. The number of ether oxygens (including phenoxy) is 1. The molecule has 0 aliphatic carbocycles. The van der Waals surface area contributed by atoms with E-state index in [9.17, 15) is 28.4 Å². The van der Waals surface area contributed by atoms with Crippen LogP contribution in [0.3, 0.4) is 0 Å². The van der Waals surface area contributed by atoms with Crippen LogP contribution in [0.4, 0.5) is 0 Å². The number of fused-ring (bicyclic) bond motifs is 2. The summed E-state index contributed by atoms with van der Waals surface area (Å²) in [6.45, 7) is 1.74. The van der Waals surface area contributed by atoms with Crippen molar-refractivity contribution < 1.29 is 23.1 Å². The van der Waals surface area contributed by atoms with Crippen LogP contribution in [-0.2, 0) is 16.4 Å². The Labute approximate surface area is 236 Å². The zero-order chi connectivity index (χ0) is 28.8. The maximum atomic E-state index is 13.4. The number of sulfone groups is 1. The van der Waals surface area contributed by atoms with Crippen LogP contribution >= 0.6 is 22.9 Å². The number of hydrogen-bond acceptors (Lipinski definition) is 9. The fourth-order valence-electron chi connectivity index (χ4n) is 4.38. The third-order valence-corrected chi connectivity index (χ3v) is 8.59. The summed E-state index contributed by atoms with van der Waals surface area (Å²) in [6, 6.07) is 11.2. The smallest absolute Gasteiger partial charge is 0.338 e. The minimum absolute atomic E-state index is 0.0267. The first-order valence-electron chi connectivity index (χ1n) is 11.7. The van der Waals surface area contributed by atoms with Crippen molar-refractivity contribution in [1.29, 1.82) is 5.26 Å². The van der Waals surface area contributed by atoms with Crippen molar-refractivity contribution in [2.75, 3.05) is 12.9 Å². The number of thiophene rings is 1. The van der Waals surface area contributed by atoms with E-state index in [1.807, 2.05) is 6.07 Å². The second-order valence-electron chi connectivity index (χ2n) is 8.84. The highest BCUT2D eigenvalue weighted by molar-refractivity contribution is 7.90. The number of rotatable bonds is 7. The zero-order valence-electron chi connectivity index (χ0n) is 21.0.